The highest BCUT2D eigenvalue weighted by molar-refractivity contribution is 5.88. The van der Waals surface area contributed by atoms with Gasteiger partial charge in [-0.2, -0.15) is 26.3 Å². The minimum atomic E-state index is -4.68. The van der Waals surface area contributed by atoms with Crippen LogP contribution in [0.5, 0.6) is 0 Å². The number of halogens is 6. The molecule has 9 heteroatoms. The fraction of sp³-hybridized carbons (Fsp3) is 0.588. The molecule has 0 aromatic carbocycles. The Morgan fingerprint density at radius 1 is 1.23 bits per heavy atom. The van der Waals surface area contributed by atoms with E-state index in [1.807, 2.05) is 0 Å². The van der Waals surface area contributed by atoms with Crippen molar-refractivity contribution in [1.29, 1.82) is 0 Å². The first-order valence-electron chi connectivity index (χ1n) is 8.29. The van der Waals surface area contributed by atoms with E-state index in [9.17, 15) is 31.1 Å². The molecule has 2 aliphatic heterocycles. The van der Waals surface area contributed by atoms with Crippen LogP contribution < -0.4 is 5.32 Å². The Balaban J connectivity index is 2.13. The van der Waals surface area contributed by atoms with Gasteiger partial charge in [0.25, 0.3) is 0 Å². The topological polar surface area (TPSA) is 32.3 Å². The maximum atomic E-state index is 13.7. The van der Waals surface area contributed by atoms with Crippen LogP contribution in [0.3, 0.4) is 0 Å². The second kappa shape index (κ2) is 6.14. The van der Waals surface area contributed by atoms with E-state index < -0.39 is 48.3 Å². The summed E-state index contributed by atoms with van der Waals surface area (Å²) in [5.41, 5.74) is -0.354. The summed E-state index contributed by atoms with van der Waals surface area (Å²) in [7, 11) is 0. The predicted octanol–water partition coefficient (Wildman–Crippen LogP) is 3.85. The molecule has 1 unspecified atom stereocenters. The van der Waals surface area contributed by atoms with Crippen LogP contribution >= 0.6 is 0 Å². The highest BCUT2D eigenvalue weighted by Crippen LogP contribution is 2.48. The molecule has 1 aliphatic carbocycles. The Morgan fingerprint density at radius 2 is 1.88 bits per heavy atom. The minimum Gasteiger partial charge on any atom is -0.325 e. The molecular weight excluding hydrogens is 362 g/mol. The number of allylic oxidation sites excluding steroid dienone is 1. The second-order valence-electron chi connectivity index (χ2n) is 6.76. The van der Waals surface area contributed by atoms with Gasteiger partial charge < -0.3 is 5.32 Å². The van der Waals surface area contributed by atoms with E-state index in [1.165, 1.54) is 24.0 Å². The van der Waals surface area contributed by atoms with Crippen LogP contribution in [0.1, 0.15) is 26.7 Å². The lowest BCUT2D eigenvalue weighted by Gasteiger charge is -2.46. The van der Waals surface area contributed by atoms with E-state index in [-0.39, 0.29) is 24.2 Å². The number of fused-ring (bicyclic) bond motifs is 2. The lowest BCUT2D eigenvalue weighted by Crippen LogP contribution is -2.52. The first-order chi connectivity index (χ1) is 11.9. The van der Waals surface area contributed by atoms with Gasteiger partial charge >= 0.3 is 12.4 Å². The Bertz CT molecular complexity index is 716. The van der Waals surface area contributed by atoms with Gasteiger partial charge in [0.05, 0.1) is 24.1 Å². The van der Waals surface area contributed by atoms with Crippen molar-refractivity contribution >= 4 is 5.91 Å². The molecule has 144 valence electrons. The fourth-order valence-corrected chi connectivity index (χ4v) is 4.27. The highest BCUT2D eigenvalue weighted by atomic mass is 19.4. The van der Waals surface area contributed by atoms with E-state index >= 15 is 0 Å². The SMILES string of the molecule is CCN1[C@H](CC(F)(F)F)C=CC2=C3CC(=O)NC3=C(C(F)(F)F)C(C)[C@H]21. The Labute approximate surface area is 146 Å². The third-order valence-corrected chi connectivity index (χ3v) is 5.16. The third kappa shape index (κ3) is 3.17. The zero-order valence-electron chi connectivity index (χ0n) is 14.1. The van der Waals surface area contributed by atoms with Crippen LogP contribution in [-0.4, -0.2) is 41.8 Å². The molecule has 2 heterocycles. The van der Waals surface area contributed by atoms with Gasteiger partial charge in [0.1, 0.15) is 0 Å². The number of alkyl halides is 6. The molecule has 0 bridgehead atoms. The Hall–Kier alpha value is -1.77. The zero-order valence-corrected chi connectivity index (χ0v) is 14.1. The summed E-state index contributed by atoms with van der Waals surface area (Å²) in [6, 6.07) is -1.88. The predicted molar refractivity (Wildman–Crippen MR) is 81.8 cm³/mol. The first kappa shape index (κ1) is 19.0. The summed E-state index contributed by atoms with van der Waals surface area (Å²) in [6.45, 7) is 3.15. The first-order valence-corrected chi connectivity index (χ1v) is 8.29. The number of nitrogens with one attached hydrogen (secondary N) is 1. The highest BCUT2D eigenvalue weighted by Gasteiger charge is 2.51. The molecule has 3 rings (SSSR count). The van der Waals surface area contributed by atoms with Crippen LogP contribution in [0, 0.1) is 5.92 Å². The summed E-state index contributed by atoms with van der Waals surface area (Å²) in [5.74, 6) is -1.63. The van der Waals surface area contributed by atoms with Gasteiger partial charge in [0.15, 0.2) is 0 Å². The number of amides is 1. The van der Waals surface area contributed by atoms with Crippen molar-refractivity contribution in [3.8, 4) is 0 Å². The fourth-order valence-electron chi connectivity index (χ4n) is 4.27. The standard InChI is InChI=1S/C17H18F6N2O/c1-3-25-9(7-16(18,19)20)4-5-10-11-6-12(26)24-14(11)13(17(21,22)23)8(2)15(10)25/h4-5,8-9,15H,3,6-7H2,1-2H3,(H,24,26)/t8?,9-,15+/m0/s1. The average molecular weight is 380 g/mol. The molecule has 1 amide bonds. The van der Waals surface area contributed by atoms with Crippen LogP contribution in [0.4, 0.5) is 26.3 Å². The molecule has 0 aromatic heterocycles. The number of hydrogen-bond acceptors (Lipinski definition) is 2. The molecule has 1 saturated heterocycles. The second-order valence-corrected chi connectivity index (χ2v) is 6.76. The molecule has 1 fully saturated rings. The molecule has 0 saturated carbocycles. The lowest BCUT2D eigenvalue weighted by atomic mass is 9.75. The lowest BCUT2D eigenvalue weighted by molar-refractivity contribution is -0.146. The smallest absolute Gasteiger partial charge is 0.325 e. The maximum absolute atomic E-state index is 13.7. The molecule has 3 atom stereocenters. The normalized spacial score (nSPS) is 29.8. The Kier molecular flexibility index (Phi) is 4.49. The van der Waals surface area contributed by atoms with E-state index in [2.05, 4.69) is 5.32 Å². The summed E-state index contributed by atoms with van der Waals surface area (Å²) >= 11 is 0. The number of carbonyl (C=O) groups excluding carboxylic acids is 1. The molecule has 3 nitrogen and oxygen atoms in total. The van der Waals surface area contributed by atoms with Gasteiger partial charge in [0, 0.05) is 18.0 Å². The van der Waals surface area contributed by atoms with Crippen molar-refractivity contribution in [2.24, 2.45) is 5.92 Å². The van der Waals surface area contributed by atoms with Crippen LogP contribution in [0.2, 0.25) is 0 Å². The summed E-state index contributed by atoms with van der Waals surface area (Å²) < 4.78 is 79.7. The van der Waals surface area contributed by atoms with Gasteiger partial charge in [-0.1, -0.05) is 26.0 Å². The largest absolute Gasteiger partial charge is 0.415 e. The van der Waals surface area contributed by atoms with Crippen LogP contribution in [-0.2, 0) is 4.79 Å². The van der Waals surface area contributed by atoms with E-state index in [0.29, 0.717) is 5.57 Å². The van der Waals surface area contributed by atoms with E-state index in [0.717, 1.165) is 0 Å². The monoisotopic (exact) mass is 380 g/mol. The van der Waals surface area contributed by atoms with Gasteiger partial charge in [-0.15, -0.1) is 0 Å². The van der Waals surface area contributed by atoms with Crippen LogP contribution in [0.15, 0.2) is 34.6 Å². The van der Waals surface area contributed by atoms with Gasteiger partial charge in [-0.3, -0.25) is 9.69 Å². The summed E-state index contributed by atoms with van der Waals surface area (Å²) in [4.78, 5) is 13.2. The molecule has 0 radical (unpaired) electrons. The van der Waals surface area contributed by atoms with Crippen molar-refractivity contribution in [2.75, 3.05) is 6.54 Å². The van der Waals surface area contributed by atoms with Crippen LogP contribution in [0.25, 0.3) is 0 Å². The number of carbonyl (C=O) groups is 1. The van der Waals surface area contributed by atoms with E-state index in [1.54, 1.807) is 6.92 Å². The molecule has 1 N–H and O–H groups in total. The number of nitrogens with zero attached hydrogens (tertiary/aromatic N) is 1. The Morgan fingerprint density at radius 3 is 2.42 bits per heavy atom. The molecular formula is C17H18F6N2O. The van der Waals surface area contributed by atoms with Gasteiger partial charge in [0.2, 0.25) is 5.91 Å². The number of likely N-dealkylation sites (N-methyl/N-ethyl adjacent to an activating group) is 1. The quantitative estimate of drug-likeness (QED) is 0.738. The summed E-state index contributed by atoms with van der Waals surface area (Å²) in [5, 5.41) is 2.29. The molecule has 0 aromatic rings. The number of hydrogen-bond donors (Lipinski definition) is 1. The van der Waals surface area contributed by atoms with Crippen molar-refractivity contribution in [3.05, 3.63) is 34.6 Å². The van der Waals surface area contributed by atoms with Gasteiger partial charge in [-0.05, 0) is 17.7 Å². The van der Waals surface area contributed by atoms with Gasteiger partial charge in [-0.25, -0.2) is 0 Å². The van der Waals surface area contributed by atoms with Crippen molar-refractivity contribution in [3.63, 3.8) is 0 Å². The molecule has 0 spiro atoms. The third-order valence-electron chi connectivity index (χ3n) is 5.16. The average Bonchev–Trinajstić information content (AvgIpc) is 2.85. The number of rotatable bonds is 2. The molecule has 3 aliphatic rings. The minimum absolute atomic E-state index is 0.165. The van der Waals surface area contributed by atoms with Crippen molar-refractivity contribution < 1.29 is 31.1 Å². The van der Waals surface area contributed by atoms with E-state index in [4.69, 9.17) is 0 Å². The zero-order chi connectivity index (χ0) is 19.4. The maximum Gasteiger partial charge on any atom is 0.415 e. The molecule has 26 heavy (non-hydrogen) atoms. The summed E-state index contributed by atoms with van der Waals surface area (Å²) in [6.07, 6.45) is -7.58. The van der Waals surface area contributed by atoms with Crippen molar-refractivity contribution in [2.45, 2.75) is 51.1 Å². The van der Waals surface area contributed by atoms with Crippen molar-refractivity contribution in [1.82, 2.24) is 10.2 Å².